The molecule has 0 radical (unpaired) electrons. The van der Waals surface area contributed by atoms with Gasteiger partial charge < -0.3 is 5.11 Å². The van der Waals surface area contributed by atoms with E-state index in [2.05, 4.69) is 0 Å². The first kappa shape index (κ1) is 15.8. The van der Waals surface area contributed by atoms with Crippen LogP contribution in [0, 0.1) is 5.92 Å². The van der Waals surface area contributed by atoms with Crippen molar-refractivity contribution in [1.82, 2.24) is 0 Å². The normalized spacial score (nSPS) is 11.7. The van der Waals surface area contributed by atoms with Crippen LogP contribution in [0.5, 0.6) is 0 Å². The summed E-state index contributed by atoms with van der Waals surface area (Å²) in [5.74, 6) is -1.20. The molecule has 1 atom stereocenters. The lowest BCUT2D eigenvalue weighted by Gasteiger charge is -2.24. The number of carboxylic acid groups (broad SMARTS) is 1. The molecule has 114 valence electrons. The lowest BCUT2D eigenvalue weighted by Crippen LogP contribution is -2.27. The Morgan fingerprint density at radius 1 is 0.909 bits per heavy atom. The molecule has 1 unspecified atom stereocenters. The quantitative estimate of drug-likeness (QED) is 0.881. The zero-order valence-corrected chi connectivity index (χ0v) is 12.5. The van der Waals surface area contributed by atoms with E-state index in [4.69, 9.17) is 5.11 Å². The molecule has 0 aliphatic rings. The summed E-state index contributed by atoms with van der Waals surface area (Å²) in [4.78, 5) is 25.1. The van der Waals surface area contributed by atoms with Crippen molar-refractivity contribution in [1.29, 1.82) is 0 Å². The van der Waals surface area contributed by atoms with Gasteiger partial charge in [-0.05, 0) is 30.2 Å². The molecule has 4 heteroatoms. The van der Waals surface area contributed by atoms with Gasteiger partial charge in [-0.2, -0.15) is 0 Å². The zero-order valence-electron chi connectivity index (χ0n) is 12.5. The zero-order chi connectivity index (χ0) is 15.9. The number of rotatable bonds is 6. The molecular formula is C18H19NO3. The fraction of sp³-hybridized carbons (Fsp3) is 0.222. The van der Waals surface area contributed by atoms with E-state index in [0.717, 1.165) is 11.4 Å². The van der Waals surface area contributed by atoms with Gasteiger partial charge in [-0.3, -0.25) is 14.5 Å². The van der Waals surface area contributed by atoms with Crippen LogP contribution >= 0.6 is 0 Å². The van der Waals surface area contributed by atoms with Crippen molar-refractivity contribution in [3.63, 3.8) is 0 Å². The monoisotopic (exact) mass is 297 g/mol. The van der Waals surface area contributed by atoms with Crippen LogP contribution in [0.4, 0.5) is 11.4 Å². The third-order valence-electron chi connectivity index (χ3n) is 3.32. The fourth-order valence-corrected chi connectivity index (χ4v) is 2.35. The number of carboxylic acids is 1. The molecule has 0 aromatic heterocycles. The van der Waals surface area contributed by atoms with Gasteiger partial charge >= 0.3 is 5.97 Å². The highest BCUT2D eigenvalue weighted by Crippen LogP contribution is 2.27. The first-order valence-corrected chi connectivity index (χ1v) is 7.22. The third-order valence-corrected chi connectivity index (χ3v) is 3.32. The first-order chi connectivity index (χ1) is 10.6. The summed E-state index contributed by atoms with van der Waals surface area (Å²) >= 11 is 0. The van der Waals surface area contributed by atoms with E-state index in [-0.39, 0.29) is 24.7 Å². The molecule has 2 rings (SSSR count). The Kier molecular flexibility index (Phi) is 5.31. The van der Waals surface area contributed by atoms with Gasteiger partial charge in [0.25, 0.3) is 0 Å². The topological polar surface area (TPSA) is 57.6 Å². The summed E-state index contributed by atoms with van der Waals surface area (Å²) in [5.41, 5.74) is 1.56. The van der Waals surface area contributed by atoms with Crippen LogP contribution in [0.25, 0.3) is 0 Å². The SMILES string of the molecule is CC(CC(=O)O)CC(=O)N(c1ccccc1)c1ccccc1. The van der Waals surface area contributed by atoms with Crippen LogP contribution in [-0.4, -0.2) is 17.0 Å². The molecule has 0 aliphatic heterocycles. The highest BCUT2D eigenvalue weighted by molar-refractivity contribution is 6.00. The van der Waals surface area contributed by atoms with E-state index in [1.807, 2.05) is 60.7 Å². The Morgan fingerprint density at radius 3 is 1.77 bits per heavy atom. The highest BCUT2D eigenvalue weighted by atomic mass is 16.4. The maximum Gasteiger partial charge on any atom is 0.303 e. The second-order valence-corrected chi connectivity index (χ2v) is 5.31. The minimum Gasteiger partial charge on any atom is -0.481 e. The van der Waals surface area contributed by atoms with Crippen LogP contribution in [0.3, 0.4) is 0 Å². The number of nitrogens with zero attached hydrogens (tertiary/aromatic N) is 1. The van der Waals surface area contributed by atoms with E-state index < -0.39 is 5.97 Å². The smallest absolute Gasteiger partial charge is 0.303 e. The van der Waals surface area contributed by atoms with E-state index in [1.54, 1.807) is 11.8 Å². The standard InChI is InChI=1S/C18H19NO3/c1-14(13-18(21)22)12-17(20)19(15-8-4-2-5-9-15)16-10-6-3-7-11-16/h2-11,14H,12-13H2,1H3,(H,21,22). The molecule has 1 amide bonds. The molecule has 1 N–H and O–H groups in total. The van der Waals surface area contributed by atoms with Gasteiger partial charge in [0.1, 0.15) is 0 Å². The lowest BCUT2D eigenvalue weighted by atomic mass is 10.0. The number of hydrogen-bond acceptors (Lipinski definition) is 2. The maximum atomic E-state index is 12.7. The second-order valence-electron chi connectivity index (χ2n) is 5.31. The van der Waals surface area contributed by atoms with Gasteiger partial charge in [0.05, 0.1) is 0 Å². The van der Waals surface area contributed by atoms with Gasteiger partial charge in [-0.1, -0.05) is 43.3 Å². The summed E-state index contributed by atoms with van der Waals surface area (Å²) in [6.07, 6.45) is 0.180. The highest BCUT2D eigenvalue weighted by Gasteiger charge is 2.21. The summed E-state index contributed by atoms with van der Waals surface area (Å²) in [7, 11) is 0. The van der Waals surface area contributed by atoms with Crippen molar-refractivity contribution in [2.45, 2.75) is 19.8 Å². The molecule has 0 heterocycles. The molecule has 0 fully saturated rings. The van der Waals surface area contributed by atoms with Gasteiger partial charge in [0.15, 0.2) is 0 Å². The van der Waals surface area contributed by atoms with E-state index >= 15 is 0 Å². The number of benzene rings is 2. The second kappa shape index (κ2) is 7.41. The minimum atomic E-state index is -0.883. The Morgan fingerprint density at radius 2 is 1.36 bits per heavy atom. The Hall–Kier alpha value is -2.62. The van der Waals surface area contributed by atoms with Crippen molar-refractivity contribution in [3.8, 4) is 0 Å². The van der Waals surface area contributed by atoms with Crippen LogP contribution in [0.15, 0.2) is 60.7 Å². The molecule has 22 heavy (non-hydrogen) atoms. The lowest BCUT2D eigenvalue weighted by molar-refractivity contribution is -0.138. The van der Waals surface area contributed by atoms with Crippen molar-refractivity contribution in [2.75, 3.05) is 4.90 Å². The number of amides is 1. The van der Waals surface area contributed by atoms with Crippen molar-refractivity contribution < 1.29 is 14.7 Å². The molecule has 0 saturated heterocycles. The Bertz CT molecular complexity index is 586. The Balaban J connectivity index is 2.25. The molecule has 2 aromatic carbocycles. The van der Waals surface area contributed by atoms with Gasteiger partial charge in [-0.15, -0.1) is 0 Å². The number of carbonyl (C=O) groups is 2. The molecular weight excluding hydrogens is 278 g/mol. The summed E-state index contributed by atoms with van der Waals surface area (Å²) in [5, 5.41) is 8.84. The van der Waals surface area contributed by atoms with Crippen LogP contribution in [-0.2, 0) is 9.59 Å². The maximum absolute atomic E-state index is 12.7. The van der Waals surface area contributed by atoms with E-state index in [1.165, 1.54) is 0 Å². The average molecular weight is 297 g/mol. The Labute approximate surface area is 130 Å². The van der Waals surface area contributed by atoms with Crippen molar-refractivity contribution in [3.05, 3.63) is 60.7 Å². The van der Waals surface area contributed by atoms with Crippen LogP contribution in [0.1, 0.15) is 19.8 Å². The molecule has 4 nitrogen and oxygen atoms in total. The first-order valence-electron chi connectivity index (χ1n) is 7.22. The summed E-state index contributed by atoms with van der Waals surface area (Å²) < 4.78 is 0. The fourth-order valence-electron chi connectivity index (χ4n) is 2.35. The number of anilines is 2. The molecule has 2 aromatic rings. The number of carbonyl (C=O) groups excluding carboxylic acids is 1. The van der Waals surface area contributed by atoms with Crippen molar-refractivity contribution in [2.24, 2.45) is 5.92 Å². The largest absolute Gasteiger partial charge is 0.481 e. The molecule has 0 aliphatic carbocycles. The average Bonchev–Trinajstić information content (AvgIpc) is 2.48. The predicted octanol–water partition coefficient (Wildman–Crippen LogP) is 3.85. The van der Waals surface area contributed by atoms with Crippen LogP contribution in [0.2, 0.25) is 0 Å². The van der Waals surface area contributed by atoms with E-state index in [0.29, 0.717) is 0 Å². The molecule has 0 bridgehead atoms. The van der Waals surface area contributed by atoms with Crippen molar-refractivity contribution >= 4 is 23.3 Å². The number of aliphatic carboxylic acids is 1. The van der Waals surface area contributed by atoms with E-state index in [9.17, 15) is 9.59 Å². The minimum absolute atomic E-state index is 0.0108. The predicted molar refractivity (Wildman–Crippen MR) is 86.1 cm³/mol. The number of para-hydroxylation sites is 2. The van der Waals surface area contributed by atoms with Gasteiger partial charge in [-0.25, -0.2) is 0 Å². The van der Waals surface area contributed by atoms with Gasteiger partial charge in [0, 0.05) is 24.2 Å². The number of hydrogen-bond donors (Lipinski definition) is 1. The third kappa shape index (κ3) is 4.19. The van der Waals surface area contributed by atoms with Crippen LogP contribution < -0.4 is 4.90 Å². The molecule has 0 spiro atoms. The van der Waals surface area contributed by atoms with Gasteiger partial charge in [0.2, 0.25) is 5.91 Å². The summed E-state index contributed by atoms with van der Waals surface area (Å²) in [6, 6.07) is 18.8. The molecule has 0 saturated carbocycles. The summed E-state index contributed by atoms with van der Waals surface area (Å²) in [6.45, 7) is 1.78.